The zero-order chi connectivity index (χ0) is 22.4. The van der Waals surface area contributed by atoms with Crippen molar-refractivity contribution in [1.29, 1.82) is 0 Å². The molecule has 0 aromatic carbocycles. The Labute approximate surface area is 179 Å². The van der Waals surface area contributed by atoms with Gasteiger partial charge in [0.25, 0.3) is 5.56 Å². The van der Waals surface area contributed by atoms with E-state index < -0.39 is 42.0 Å². The molecule has 0 bridgehead atoms. The summed E-state index contributed by atoms with van der Waals surface area (Å²) in [6.45, 7) is -1.68. The van der Waals surface area contributed by atoms with Crippen molar-refractivity contribution in [1.82, 2.24) is 25.0 Å². The normalized spacial score (nSPS) is 13.7. The number of rotatable bonds is 8. The van der Waals surface area contributed by atoms with Gasteiger partial charge in [-0.3, -0.25) is 19.1 Å². The Hall–Kier alpha value is -3.41. The molecule has 13 heteroatoms. The number of amidine groups is 1. The first-order valence-electron chi connectivity index (χ1n) is 8.98. The first-order valence-corrected chi connectivity index (χ1v) is 9.36. The Bertz CT molecular complexity index is 1060. The van der Waals surface area contributed by atoms with Gasteiger partial charge in [-0.2, -0.15) is 13.9 Å². The van der Waals surface area contributed by atoms with Crippen molar-refractivity contribution >= 4 is 29.2 Å². The van der Waals surface area contributed by atoms with Gasteiger partial charge in [0.15, 0.2) is 11.7 Å². The van der Waals surface area contributed by atoms with E-state index in [1.165, 1.54) is 30.6 Å². The molecule has 164 valence electrons. The Balaban J connectivity index is 1.66. The minimum Gasteiger partial charge on any atom is -0.359 e. The summed E-state index contributed by atoms with van der Waals surface area (Å²) in [7, 11) is 0. The zero-order valence-corrected chi connectivity index (χ0v) is 16.7. The summed E-state index contributed by atoms with van der Waals surface area (Å²) in [5, 5.41) is 4.87. The Morgan fingerprint density at radius 2 is 2.10 bits per heavy atom. The monoisotopic (exact) mass is 455 g/mol. The highest BCUT2D eigenvalue weighted by atomic mass is 35.5. The van der Waals surface area contributed by atoms with E-state index in [1.807, 2.05) is 0 Å². The Morgan fingerprint density at radius 3 is 2.81 bits per heavy atom. The number of carbonyl (C=O) groups excluding carboxylic acids is 1. The van der Waals surface area contributed by atoms with Gasteiger partial charge in [-0.25, -0.2) is 9.98 Å². The molecule has 2 N–H and O–H groups in total. The van der Waals surface area contributed by atoms with Crippen molar-refractivity contribution in [2.75, 3.05) is 25.0 Å². The highest BCUT2D eigenvalue weighted by Gasteiger charge is 2.33. The molecule has 0 fully saturated rings. The van der Waals surface area contributed by atoms with E-state index >= 15 is 0 Å². The van der Waals surface area contributed by atoms with Crippen LogP contribution in [0.2, 0.25) is 5.15 Å². The predicted molar refractivity (Wildman–Crippen MR) is 108 cm³/mol. The number of nitrogens with one attached hydrogen (secondary N) is 2. The SMILES string of the molecule is O=C(Cn1c(Cl)cnc(NCC(F)(F)c2ccccn2)c1=O)NCC1=NC=CCN1F. The lowest BCUT2D eigenvalue weighted by molar-refractivity contribution is -0.121. The molecule has 0 saturated heterocycles. The quantitative estimate of drug-likeness (QED) is 0.587. The molecular formula is C18H17ClF3N7O2. The van der Waals surface area contributed by atoms with Crippen LogP contribution in [0.3, 0.4) is 0 Å². The number of alkyl halides is 2. The third-order valence-electron chi connectivity index (χ3n) is 4.14. The second-order valence-electron chi connectivity index (χ2n) is 6.35. The molecule has 1 aliphatic rings. The van der Waals surface area contributed by atoms with E-state index in [4.69, 9.17) is 11.6 Å². The Kier molecular flexibility index (Phi) is 6.90. The van der Waals surface area contributed by atoms with E-state index in [0.29, 0.717) is 5.12 Å². The second kappa shape index (κ2) is 9.60. The molecule has 1 amide bonds. The zero-order valence-electron chi connectivity index (χ0n) is 15.9. The van der Waals surface area contributed by atoms with Gasteiger partial charge in [-0.1, -0.05) is 22.1 Å². The van der Waals surface area contributed by atoms with Crippen molar-refractivity contribution in [3.63, 3.8) is 0 Å². The topological polar surface area (TPSA) is 105 Å². The minimum atomic E-state index is -3.37. The van der Waals surface area contributed by atoms with Gasteiger partial charge >= 0.3 is 5.92 Å². The second-order valence-corrected chi connectivity index (χ2v) is 6.73. The van der Waals surface area contributed by atoms with Crippen LogP contribution in [-0.4, -0.2) is 51.0 Å². The number of anilines is 1. The van der Waals surface area contributed by atoms with Gasteiger partial charge < -0.3 is 10.6 Å². The van der Waals surface area contributed by atoms with Crippen LogP contribution in [0, 0.1) is 0 Å². The molecule has 0 aliphatic carbocycles. The Morgan fingerprint density at radius 1 is 1.29 bits per heavy atom. The smallest absolute Gasteiger partial charge is 0.306 e. The molecule has 0 unspecified atom stereocenters. The number of halogens is 4. The maximum atomic E-state index is 14.3. The summed E-state index contributed by atoms with van der Waals surface area (Å²) in [6.07, 6.45) is 5.18. The molecular weight excluding hydrogens is 439 g/mol. The van der Waals surface area contributed by atoms with Crippen molar-refractivity contribution in [2.45, 2.75) is 12.5 Å². The number of aromatic nitrogens is 3. The van der Waals surface area contributed by atoms with E-state index in [0.717, 1.165) is 16.8 Å². The summed E-state index contributed by atoms with van der Waals surface area (Å²) in [4.78, 5) is 35.8. The van der Waals surface area contributed by atoms with Crippen LogP contribution in [0.4, 0.5) is 19.1 Å². The number of hydrogen-bond donors (Lipinski definition) is 2. The van der Waals surface area contributed by atoms with E-state index in [9.17, 15) is 22.9 Å². The predicted octanol–water partition coefficient (Wildman–Crippen LogP) is 1.72. The molecule has 3 rings (SSSR count). The van der Waals surface area contributed by atoms with Gasteiger partial charge in [-0.05, 0) is 18.2 Å². The number of hydrogen-bond acceptors (Lipinski definition) is 7. The molecule has 3 heterocycles. The lowest BCUT2D eigenvalue weighted by Gasteiger charge is -2.18. The number of amides is 1. The van der Waals surface area contributed by atoms with Crippen molar-refractivity contribution in [3.05, 3.63) is 64.1 Å². The van der Waals surface area contributed by atoms with Gasteiger partial charge in [0.1, 0.15) is 17.4 Å². The largest absolute Gasteiger partial charge is 0.359 e. The average molecular weight is 456 g/mol. The van der Waals surface area contributed by atoms with Crippen molar-refractivity contribution < 1.29 is 18.1 Å². The van der Waals surface area contributed by atoms with Gasteiger partial charge in [0.05, 0.1) is 25.8 Å². The van der Waals surface area contributed by atoms with Crippen LogP contribution < -0.4 is 16.2 Å². The van der Waals surface area contributed by atoms with Crippen LogP contribution in [0.25, 0.3) is 0 Å². The average Bonchev–Trinajstić information content (AvgIpc) is 2.76. The third kappa shape index (κ3) is 5.60. The summed E-state index contributed by atoms with van der Waals surface area (Å²) >= 11 is 5.94. The molecule has 0 radical (unpaired) electrons. The maximum Gasteiger partial charge on any atom is 0.306 e. The summed E-state index contributed by atoms with van der Waals surface area (Å²) in [5.74, 6) is -4.46. The van der Waals surface area contributed by atoms with Crippen LogP contribution in [0.15, 0.2) is 52.7 Å². The maximum absolute atomic E-state index is 14.3. The van der Waals surface area contributed by atoms with E-state index in [-0.39, 0.29) is 24.1 Å². The molecule has 2 aromatic heterocycles. The number of pyridine rings is 1. The van der Waals surface area contributed by atoms with Crippen molar-refractivity contribution in [2.24, 2.45) is 4.99 Å². The van der Waals surface area contributed by atoms with Gasteiger partial charge in [-0.15, -0.1) is 0 Å². The summed E-state index contributed by atoms with van der Waals surface area (Å²) < 4.78 is 42.9. The number of nitrogens with zero attached hydrogens (tertiary/aromatic N) is 5. The molecule has 31 heavy (non-hydrogen) atoms. The third-order valence-corrected chi connectivity index (χ3v) is 4.45. The fourth-order valence-electron chi connectivity index (χ4n) is 2.56. The first kappa shape index (κ1) is 22.3. The molecule has 1 aliphatic heterocycles. The van der Waals surface area contributed by atoms with Crippen LogP contribution in [0.5, 0.6) is 0 Å². The fourth-order valence-corrected chi connectivity index (χ4v) is 2.74. The molecule has 0 spiro atoms. The van der Waals surface area contributed by atoms with Gasteiger partial charge in [0, 0.05) is 12.4 Å². The van der Waals surface area contributed by atoms with Crippen molar-refractivity contribution in [3.8, 4) is 0 Å². The van der Waals surface area contributed by atoms with E-state index in [2.05, 4.69) is 25.6 Å². The minimum absolute atomic E-state index is 0.00249. The molecule has 0 atom stereocenters. The number of carbonyl (C=O) groups is 1. The summed E-state index contributed by atoms with van der Waals surface area (Å²) in [6, 6.07) is 4.07. The fraction of sp³-hybridized carbons (Fsp3) is 0.278. The van der Waals surface area contributed by atoms with Crippen LogP contribution in [-0.2, 0) is 17.3 Å². The van der Waals surface area contributed by atoms with Crippen LogP contribution in [0.1, 0.15) is 5.69 Å². The highest BCUT2D eigenvalue weighted by Crippen LogP contribution is 2.25. The first-order chi connectivity index (χ1) is 14.8. The molecule has 2 aromatic rings. The lowest BCUT2D eigenvalue weighted by Crippen LogP contribution is -2.40. The lowest BCUT2D eigenvalue weighted by atomic mass is 10.2. The van der Waals surface area contributed by atoms with Gasteiger partial charge in [0.2, 0.25) is 5.91 Å². The molecule has 9 nitrogen and oxygen atoms in total. The summed E-state index contributed by atoms with van der Waals surface area (Å²) in [5.41, 5.74) is -1.34. The standard InChI is InChI=1S/C18H17ClF3N7O2/c19-13-8-26-16(27-11-18(20,21)12-4-1-2-5-23-12)17(31)28(13)10-15(30)25-9-14-24-6-3-7-29(14)22/h1-6,8H,7,9-11H2,(H,25,30)(H,26,27). The highest BCUT2D eigenvalue weighted by molar-refractivity contribution is 6.29. The number of aliphatic imine (C=N–C) groups is 1. The van der Waals surface area contributed by atoms with E-state index in [1.54, 1.807) is 0 Å². The van der Waals surface area contributed by atoms with Crippen LogP contribution >= 0.6 is 11.6 Å². The molecule has 0 saturated carbocycles.